The van der Waals surface area contributed by atoms with E-state index >= 15 is 0 Å². The van der Waals surface area contributed by atoms with Gasteiger partial charge in [-0.05, 0) is 11.6 Å². The second-order valence-electron chi connectivity index (χ2n) is 4.65. The fraction of sp³-hybridized carbons (Fsp3) is 0.462. The molecule has 90 valence electrons. The lowest BCUT2D eigenvalue weighted by Gasteiger charge is -2.26. The second kappa shape index (κ2) is 4.37. The van der Waals surface area contributed by atoms with Crippen molar-refractivity contribution in [3.8, 4) is 5.75 Å². The van der Waals surface area contributed by atoms with Crippen LogP contribution in [0.15, 0.2) is 24.3 Å². The van der Waals surface area contributed by atoms with Gasteiger partial charge in [0.05, 0.1) is 12.5 Å². The molecule has 4 nitrogen and oxygen atoms in total. The maximum absolute atomic E-state index is 11.6. The lowest BCUT2D eigenvalue weighted by molar-refractivity contribution is -0.126. The van der Waals surface area contributed by atoms with Crippen molar-refractivity contribution in [3.05, 3.63) is 29.8 Å². The van der Waals surface area contributed by atoms with E-state index < -0.39 is 0 Å². The van der Waals surface area contributed by atoms with E-state index in [0.717, 1.165) is 25.3 Å². The molecular formula is C13H16N2O2. The summed E-state index contributed by atoms with van der Waals surface area (Å²) < 4.78 is 5.76. The summed E-state index contributed by atoms with van der Waals surface area (Å²) in [5.41, 5.74) is 1.23. The molecule has 0 radical (unpaired) electrons. The molecule has 1 amide bonds. The SMILES string of the molecule is O=C(NCC1Cc2ccccc2O1)C1CNC1. The van der Waals surface area contributed by atoms with Crippen LogP contribution in [0.4, 0.5) is 0 Å². The van der Waals surface area contributed by atoms with Crippen LogP contribution >= 0.6 is 0 Å². The van der Waals surface area contributed by atoms with Crippen molar-refractivity contribution < 1.29 is 9.53 Å². The molecule has 1 atom stereocenters. The molecule has 17 heavy (non-hydrogen) atoms. The number of fused-ring (bicyclic) bond motifs is 1. The van der Waals surface area contributed by atoms with Crippen LogP contribution in [-0.4, -0.2) is 31.6 Å². The highest BCUT2D eigenvalue weighted by Gasteiger charge is 2.27. The summed E-state index contributed by atoms with van der Waals surface area (Å²) in [7, 11) is 0. The molecule has 0 saturated carbocycles. The minimum atomic E-state index is 0.0874. The third-order valence-corrected chi connectivity index (χ3v) is 3.37. The largest absolute Gasteiger partial charge is 0.488 e. The first-order valence-electron chi connectivity index (χ1n) is 6.06. The van der Waals surface area contributed by atoms with E-state index in [9.17, 15) is 4.79 Å². The van der Waals surface area contributed by atoms with E-state index in [0.29, 0.717) is 6.54 Å². The Morgan fingerprint density at radius 2 is 2.24 bits per heavy atom. The predicted molar refractivity (Wildman–Crippen MR) is 63.9 cm³/mol. The summed E-state index contributed by atoms with van der Waals surface area (Å²) in [5.74, 6) is 1.25. The standard InChI is InChI=1S/C13H16N2O2/c16-13(10-6-14-7-10)15-8-11-5-9-3-1-2-4-12(9)17-11/h1-4,10-11,14H,5-8H2,(H,15,16). The molecule has 4 heteroatoms. The van der Waals surface area contributed by atoms with E-state index in [1.165, 1.54) is 5.56 Å². The van der Waals surface area contributed by atoms with Crippen LogP contribution in [0, 0.1) is 5.92 Å². The maximum atomic E-state index is 11.6. The molecule has 2 N–H and O–H groups in total. The molecule has 1 fully saturated rings. The number of para-hydroxylation sites is 1. The lowest BCUT2D eigenvalue weighted by atomic mass is 10.0. The van der Waals surface area contributed by atoms with Crippen LogP contribution in [0.1, 0.15) is 5.56 Å². The zero-order chi connectivity index (χ0) is 11.7. The number of ether oxygens (including phenoxy) is 1. The van der Waals surface area contributed by atoms with Crippen LogP contribution in [-0.2, 0) is 11.2 Å². The minimum Gasteiger partial charge on any atom is -0.488 e. The first-order valence-corrected chi connectivity index (χ1v) is 6.06. The van der Waals surface area contributed by atoms with Crippen molar-refractivity contribution in [2.24, 2.45) is 5.92 Å². The number of carbonyl (C=O) groups excluding carboxylic acids is 1. The molecule has 1 unspecified atom stereocenters. The summed E-state index contributed by atoms with van der Waals surface area (Å²) in [6, 6.07) is 8.04. The van der Waals surface area contributed by atoms with Gasteiger partial charge in [-0.3, -0.25) is 4.79 Å². The third-order valence-electron chi connectivity index (χ3n) is 3.37. The van der Waals surface area contributed by atoms with Gasteiger partial charge in [-0.15, -0.1) is 0 Å². The quantitative estimate of drug-likeness (QED) is 0.789. The number of rotatable bonds is 3. The molecule has 1 aromatic rings. The van der Waals surface area contributed by atoms with Gasteiger partial charge in [-0.25, -0.2) is 0 Å². The topological polar surface area (TPSA) is 50.4 Å². The molecule has 3 rings (SSSR count). The Morgan fingerprint density at radius 3 is 2.94 bits per heavy atom. The van der Waals surface area contributed by atoms with E-state index in [-0.39, 0.29) is 17.9 Å². The number of amides is 1. The number of hydrogen-bond donors (Lipinski definition) is 2. The Hall–Kier alpha value is -1.55. The van der Waals surface area contributed by atoms with Crippen molar-refractivity contribution in [1.82, 2.24) is 10.6 Å². The highest BCUT2D eigenvalue weighted by Crippen LogP contribution is 2.27. The molecule has 2 aliphatic rings. The van der Waals surface area contributed by atoms with Crippen LogP contribution in [0.25, 0.3) is 0 Å². The van der Waals surface area contributed by atoms with Crippen molar-refractivity contribution in [2.75, 3.05) is 19.6 Å². The lowest BCUT2D eigenvalue weighted by Crippen LogP contribution is -2.52. The Kier molecular flexibility index (Phi) is 2.73. The Labute approximate surface area is 100 Å². The maximum Gasteiger partial charge on any atom is 0.225 e. The smallest absolute Gasteiger partial charge is 0.225 e. The number of benzene rings is 1. The first kappa shape index (κ1) is 10.6. The van der Waals surface area contributed by atoms with Gasteiger partial charge in [-0.1, -0.05) is 18.2 Å². The molecule has 1 aromatic carbocycles. The molecule has 0 aliphatic carbocycles. The number of nitrogens with one attached hydrogen (secondary N) is 2. The molecule has 0 spiro atoms. The van der Waals surface area contributed by atoms with Gasteiger partial charge in [0.1, 0.15) is 11.9 Å². The van der Waals surface area contributed by atoms with Gasteiger partial charge in [-0.2, -0.15) is 0 Å². The average molecular weight is 232 g/mol. The fourth-order valence-electron chi connectivity index (χ4n) is 2.20. The Balaban J connectivity index is 1.50. The van der Waals surface area contributed by atoms with Crippen molar-refractivity contribution in [1.29, 1.82) is 0 Å². The zero-order valence-electron chi connectivity index (χ0n) is 9.61. The molecule has 0 aromatic heterocycles. The zero-order valence-corrected chi connectivity index (χ0v) is 9.61. The van der Waals surface area contributed by atoms with Crippen LogP contribution in [0.3, 0.4) is 0 Å². The van der Waals surface area contributed by atoms with Gasteiger partial charge in [0.25, 0.3) is 0 Å². The number of carbonyl (C=O) groups is 1. The van der Waals surface area contributed by atoms with Gasteiger partial charge in [0.2, 0.25) is 5.91 Å². The van der Waals surface area contributed by atoms with Crippen LogP contribution in [0.5, 0.6) is 5.75 Å². The normalized spacial score (nSPS) is 22.5. The van der Waals surface area contributed by atoms with Crippen molar-refractivity contribution >= 4 is 5.91 Å². The predicted octanol–water partition coefficient (Wildman–Crippen LogP) is 0.326. The fourth-order valence-corrected chi connectivity index (χ4v) is 2.20. The third kappa shape index (κ3) is 2.13. The van der Waals surface area contributed by atoms with E-state index in [1.54, 1.807) is 0 Å². The molecule has 1 saturated heterocycles. The van der Waals surface area contributed by atoms with Crippen molar-refractivity contribution in [2.45, 2.75) is 12.5 Å². The molecular weight excluding hydrogens is 216 g/mol. The summed E-state index contributed by atoms with van der Waals surface area (Å²) >= 11 is 0. The average Bonchev–Trinajstić information content (AvgIpc) is 2.66. The monoisotopic (exact) mass is 232 g/mol. The summed E-state index contributed by atoms with van der Waals surface area (Å²) in [4.78, 5) is 11.6. The van der Waals surface area contributed by atoms with Crippen LogP contribution in [0.2, 0.25) is 0 Å². The molecule has 0 bridgehead atoms. The summed E-state index contributed by atoms with van der Waals surface area (Å²) in [5, 5.41) is 6.05. The van der Waals surface area contributed by atoms with E-state index in [1.807, 2.05) is 18.2 Å². The minimum absolute atomic E-state index is 0.0874. The molecule has 2 heterocycles. The highest BCUT2D eigenvalue weighted by atomic mass is 16.5. The second-order valence-corrected chi connectivity index (χ2v) is 4.65. The van der Waals surface area contributed by atoms with E-state index in [4.69, 9.17) is 4.74 Å². The Bertz CT molecular complexity index is 404. The van der Waals surface area contributed by atoms with Gasteiger partial charge >= 0.3 is 0 Å². The van der Waals surface area contributed by atoms with E-state index in [2.05, 4.69) is 16.7 Å². The van der Waals surface area contributed by atoms with Crippen molar-refractivity contribution in [3.63, 3.8) is 0 Å². The molecule has 2 aliphatic heterocycles. The number of hydrogen-bond acceptors (Lipinski definition) is 3. The Morgan fingerprint density at radius 1 is 1.41 bits per heavy atom. The summed E-state index contributed by atoms with van der Waals surface area (Å²) in [6.07, 6.45) is 0.976. The van der Waals surface area contributed by atoms with Crippen LogP contribution < -0.4 is 15.4 Å². The first-order chi connectivity index (χ1) is 8.33. The highest BCUT2D eigenvalue weighted by molar-refractivity contribution is 5.80. The summed E-state index contributed by atoms with van der Waals surface area (Å²) in [6.45, 7) is 2.21. The van der Waals surface area contributed by atoms with Gasteiger partial charge in [0, 0.05) is 19.5 Å². The van der Waals surface area contributed by atoms with Gasteiger partial charge < -0.3 is 15.4 Å². The van der Waals surface area contributed by atoms with Gasteiger partial charge in [0.15, 0.2) is 0 Å².